The third kappa shape index (κ3) is 3.02. The van der Waals surface area contributed by atoms with Crippen LogP contribution in [0.2, 0.25) is 0 Å². The first kappa shape index (κ1) is 12.9. The maximum absolute atomic E-state index is 6.09. The summed E-state index contributed by atoms with van der Waals surface area (Å²) in [4.78, 5) is 0. The maximum atomic E-state index is 6.09. The van der Waals surface area contributed by atoms with E-state index in [4.69, 9.17) is 10.5 Å². The number of benzene rings is 2. The molecule has 0 aromatic heterocycles. The second-order valence-electron chi connectivity index (χ2n) is 5.79. The molecule has 0 bridgehead atoms. The molecule has 0 heterocycles. The Labute approximate surface area is 109 Å². The lowest BCUT2D eigenvalue weighted by Crippen LogP contribution is -2.40. The zero-order valence-corrected chi connectivity index (χ0v) is 11.3. The van der Waals surface area contributed by atoms with E-state index < -0.39 is 0 Å². The molecule has 0 saturated heterocycles. The highest BCUT2D eigenvalue weighted by molar-refractivity contribution is 5.83. The van der Waals surface area contributed by atoms with Crippen LogP contribution in [0, 0.1) is 5.41 Å². The molecule has 2 N–H and O–H groups in total. The fourth-order valence-corrected chi connectivity index (χ4v) is 1.69. The molecule has 0 saturated carbocycles. The molecule has 0 aliphatic carbocycles. The van der Waals surface area contributed by atoms with E-state index in [0.29, 0.717) is 6.61 Å². The lowest BCUT2D eigenvalue weighted by atomic mass is 9.88. The molecule has 0 aliphatic rings. The summed E-state index contributed by atoms with van der Waals surface area (Å²) in [5.74, 6) is 0.883. The van der Waals surface area contributed by atoms with Gasteiger partial charge in [0.1, 0.15) is 12.4 Å². The summed E-state index contributed by atoms with van der Waals surface area (Å²) in [6, 6.07) is 14.4. The molecule has 0 amide bonds. The normalized spacial score (nSPS) is 13.6. The van der Waals surface area contributed by atoms with E-state index in [-0.39, 0.29) is 11.5 Å². The fraction of sp³-hybridized carbons (Fsp3) is 0.375. The van der Waals surface area contributed by atoms with Crippen molar-refractivity contribution in [1.29, 1.82) is 0 Å². The van der Waals surface area contributed by atoms with Gasteiger partial charge in [-0.25, -0.2) is 0 Å². The highest BCUT2D eigenvalue weighted by Gasteiger charge is 2.20. The van der Waals surface area contributed by atoms with Crippen LogP contribution in [0.1, 0.15) is 20.8 Å². The van der Waals surface area contributed by atoms with Gasteiger partial charge in [0.15, 0.2) is 0 Å². The van der Waals surface area contributed by atoms with Crippen LogP contribution in [0.15, 0.2) is 42.5 Å². The Morgan fingerprint density at radius 3 is 2.39 bits per heavy atom. The van der Waals surface area contributed by atoms with E-state index >= 15 is 0 Å². The molecule has 2 aromatic carbocycles. The largest absolute Gasteiger partial charge is 0.492 e. The van der Waals surface area contributed by atoms with Crippen LogP contribution in [0.25, 0.3) is 10.8 Å². The third-order valence-electron chi connectivity index (χ3n) is 3.26. The van der Waals surface area contributed by atoms with E-state index in [1.54, 1.807) is 0 Å². The van der Waals surface area contributed by atoms with Gasteiger partial charge in [0.25, 0.3) is 0 Å². The van der Waals surface area contributed by atoms with Crippen molar-refractivity contribution >= 4 is 10.8 Å². The number of hydrogen-bond acceptors (Lipinski definition) is 2. The summed E-state index contributed by atoms with van der Waals surface area (Å²) in [6.45, 7) is 6.92. The van der Waals surface area contributed by atoms with E-state index in [2.05, 4.69) is 45.0 Å². The molecule has 96 valence electrons. The van der Waals surface area contributed by atoms with Crippen LogP contribution in [0.4, 0.5) is 0 Å². The molecule has 18 heavy (non-hydrogen) atoms. The number of nitrogens with two attached hydrogens (primary N) is 1. The summed E-state index contributed by atoms with van der Waals surface area (Å²) in [5, 5.41) is 2.42. The van der Waals surface area contributed by atoms with Gasteiger partial charge in [-0.05, 0) is 28.3 Å². The molecule has 0 spiro atoms. The minimum absolute atomic E-state index is 0.0315. The van der Waals surface area contributed by atoms with Gasteiger partial charge in [0, 0.05) is 6.04 Å². The van der Waals surface area contributed by atoms with Crippen molar-refractivity contribution < 1.29 is 4.74 Å². The zero-order chi connectivity index (χ0) is 13.2. The summed E-state index contributed by atoms with van der Waals surface area (Å²) >= 11 is 0. The first-order valence-corrected chi connectivity index (χ1v) is 6.34. The average Bonchev–Trinajstić information content (AvgIpc) is 2.34. The molecule has 1 atom stereocenters. The molecule has 2 rings (SSSR count). The number of hydrogen-bond donors (Lipinski definition) is 1. The monoisotopic (exact) mass is 243 g/mol. The van der Waals surface area contributed by atoms with Crippen LogP contribution in [0.3, 0.4) is 0 Å². The quantitative estimate of drug-likeness (QED) is 0.894. The lowest BCUT2D eigenvalue weighted by molar-refractivity contribution is 0.205. The first-order valence-electron chi connectivity index (χ1n) is 6.34. The van der Waals surface area contributed by atoms with Gasteiger partial charge in [0.05, 0.1) is 0 Å². The van der Waals surface area contributed by atoms with Crippen molar-refractivity contribution in [1.82, 2.24) is 0 Å². The van der Waals surface area contributed by atoms with Crippen molar-refractivity contribution in [3.63, 3.8) is 0 Å². The molecule has 1 unspecified atom stereocenters. The van der Waals surface area contributed by atoms with E-state index in [0.717, 1.165) is 5.75 Å². The molecular formula is C16H21NO. The maximum Gasteiger partial charge on any atom is 0.120 e. The van der Waals surface area contributed by atoms with Gasteiger partial charge < -0.3 is 10.5 Å². The van der Waals surface area contributed by atoms with Crippen molar-refractivity contribution in [3.05, 3.63) is 42.5 Å². The molecule has 2 nitrogen and oxygen atoms in total. The standard InChI is InChI=1S/C16H21NO/c1-16(2,3)15(17)11-18-14-9-8-12-6-4-5-7-13(12)10-14/h4-10,15H,11,17H2,1-3H3. The molecule has 0 radical (unpaired) electrons. The lowest BCUT2D eigenvalue weighted by Gasteiger charge is -2.26. The van der Waals surface area contributed by atoms with E-state index in [1.807, 2.05) is 18.2 Å². The minimum Gasteiger partial charge on any atom is -0.492 e. The van der Waals surface area contributed by atoms with Crippen LogP contribution in [-0.2, 0) is 0 Å². The van der Waals surface area contributed by atoms with Gasteiger partial charge in [-0.15, -0.1) is 0 Å². The molecule has 0 aliphatic heterocycles. The molecule has 2 aromatic rings. The van der Waals surface area contributed by atoms with Crippen molar-refractivity contribution in [3.8, 4) is 5.75 Å². The molecular weight excluding hydrogens is 222 g/mol. The van der Waals surface area contributed by atoms with Crippen molar-refractivity contribution in [2.75, 3.05) is 6.61 Å². The summed E-state index contributed by atoms with van der Waals surface area (Å²) in [7, 11) is 0. The first-order chi connectivity index (χ1) is 8.47. The van der Waals surface area contributed by atoms with Gasteiger partial charge in [0.2, 0.25) is 0 Å². The average molecular weight is 243 g/mol. The fourth-order valence-electron chi connectivity index (χ4n) is 1.69. The van der Waals surface area contributed by atoms with Gasteiger partial charge in [-0.2, -0.15) is 0 Å². The van der Waals surface area contributed by atoms with Gasteiger partial charge in [-0.1, -0.05) is 51.1 Å². The second-order valence-corrected chi connectivity index (χ2v) is 5.79. The number of rotatable bonds is 3. The Bertz CT molecular complexity index is 528. The summed E-state index contributed by atoms with van der Waals surface area (Å²) in [6.07, 6.45) is 0. The highest BCUT2D eigenvalue weighted by Crippen LogP contribution is 2.22. The Hall–Kier alpha value is -1.54. The third-order valence-corrected chi connectivity index (χ3v) is 3.26. The van der Waals surface area contributed by atoms with Crippen LogP contribution < -0.4 is 10.5 Å². The Balaban J connectivity index is 2.08. The van der Waals surface area contributed by atoms with Crippen LogP contribution in [-0.4, -0.2) is 12.6 Å². The van der Waals surface area contributed by atoms with E-state index in [1.165, 1.54) is 10.8 Å². The zero-order valence-electron chi connectivity index (χ0n) is 11.3. The Morgan fingerprint density at radius 2 is 1.72 bits per heavy atom. The minimum atomic E-state index is 0.0315. The van der Waals surface area contributed by atoms with Gasteiger partial charge in [-0.3, -0.25) is 0 Å². The SMILES string of the molecule is CC(C)(C)C(N)COc1ccc2ccccc2c1. The van der Waals surface area contributed by atoms with Crippen LogP contribution >= 0.6 is 0 Å². The molecule has 0 fully saturated rings. The number of fused-ring (bicyclic) bond motifs is 1. The Kier molecular flexibility index (Phi) is 3.58. The van der Waals surface area contributed by atoms with Crippen molar-refractivity contribution in [2.45, 2.75) is 26.8 Å². The van der Waals surface area contributed by atoms with Gasteiger partial charge >= 0.3 is 0 Å². The summed E-state index contributed by atoms with van der Waals surface area (Å²) < 4.78 is 5.78. The second kappa shape index (κ2) is 4.99. The predicted molar refractivity (Wildman–Crippen MR) is 76.9 cm³/mol. The van der Waals surface area contributed by atoms with E-state index in [9.17, 15) is 0 Å². The van der Waals surface area contributed by atoms with Crippen molar-refractivity contribution in [2.24, 2.45) is 11.1 Å². The smallest absolute Gasteiger partial charge is 0.120 e. The summed E-state index contributed by atoms with van der Waals surface area (Å²) in [5.41, 5.74) is 6.15. The number of ether oxygens (including phenoxy) is 1. The highest BCUT2D eigenvalue weighted by atomic mass is 16.5. The predicted octanol–water partition coefficient (Wildman–Crippen LogP) is 3.59. The topological polar surface area (TPSA) is 35.2 Å². The molecule has 2 heteroatoms. The Morgan fingerprint density at radius 1 is 1.06 bits per heavy atom. The van der Waals surface area contributed by atoms with Crippen LogP contribution in [0.5, 0.6) is 5.75 Å².